The van der Waals surface area contributed by atoms with Gasteiger partial charge in [-0.05, 0) is 73.5 Å². The summed E-state index contributed by atoms with van der Waals surface area (Å²) in [5.74, 6) is 5.24. The van der Waals surface area contributed by atoms with Crippen LogP contribution in [0.25, 0.3) is 0 Å². The number of nitrogens with zero attached hydrogens (tertiary/aromatic N) is 1. The number of aliphatic hydroxyl groups excluding tert-OH is 1. The number of hydrogen-bond donors (Lipinski definition) is 5. The molecular formula is C29H29ClN4O4. The lowest BCUT2D eigenvalue weighted by molar-refractivity contribution is -0.132. The predicted octanol–water partition coefficient (Wildman–Crippen LogP) is 3.53. The number of halogens is 1. The van der Waals surface area contributed by atoms with Gasteiger partial charge in [0.1, 0.15) is 0 Å². The van der Waals surface area contributed by atoms with Crippen LogP contribution in [-0.2, 0) is 16.1 Å². The average Bonchev–Trinajstić information content (AvgIpc) is 2.91. The quantitative estimate of drug-likeness (QED) is 0.125. The first-order valence-electron chi connectivity index (χ1n) is 11.9. The van der Waals surface area contributed by atoms with Gasteiger partial charge in [-0.2, -0.15) is 0 Å². The molecule has 0 unspecified atom stereocenters. The minimum atomic E-state index is -1.11. The lowest BCUT2D eigenvalue weighted by Crippen LogP contribution is -2.38. The second-order valence-corrected chi connectivity index (χ2v) is 9.00. The van der Waals surface area contributed by atoms with Crippen LogP contribution in [0.3, 0.4) is 0 Å². The number of carbonyl (C=O) groups is 2. The minimum absolute atomic E-state index is 0.151. The topological polar surface area (TPSA) is 123 Å². The zero-order valence-corrected chi connectivity index (χ0v) is 21.8. The number of hydroxylamine groups is 1. The van der Waals surface area contributed by atoms with Gasteiger partial charge in [0, 0.05) is 34.1 Å². The van der Waals surface area contributed by atoms with Gasteiger partial charge in [-0.1, -0.05) is 47.7 Å². The number of aliphatic imine (C=N–C) groups is 1. The van der Waals surface area contributed by atoms with Gasteiger partial charge in [0.25, 0.3) is 5.91 Å². The molecule has 0 spiro atoms. The fourth-order valence-electron chi connectivity index (χ4n) is 3.48. The van der Waals surface area contributed by atoms with Crippen LogP contribution in [0.4, 0.5) is 5.69 Å². The first-order chi connectivity index (χ1) is 18.2. The molecule has 3 rings (SSSR count). The van der Waals surface area contributed by atoms with E-state index in [1.807, 2.05) is 54.6 Å². The fraction of sp³-hybridized carbons (Fsp3) is 0.207. The molecule has 0 fully saturated rings. The van der Waals surface area contributed by atoms with Gasteiger partial charge >= 0.3 is 0 Å². The van der Waals surface area contributed by atoms with E-state index in [4.69, 9.17) is 16.8 Å². The molecule has 9 heteroatoms. The van der Waals surface area contributed by atoms with E-state index in [0.29, 0.717) is 23.0 Å². The van der Waals surface area contributed by atoms with Crippen molar-refractivity contribution in [3.63, 3.8) is 0 Å². The fourth-order valence-corrected chi connectivity index (χ4v) is 3.70. The molecule has 3 aromatic carbocycles. The van der Waals surface area contributed by atoms with Gasteiger partial charge in [-0.3, -0.25) is 19.8 Å². The zero-order valence-electron chi connectivity index (χ0n) is 21.0. The van der Waals surface area contributed by atoms with E-state index in [1.54, 1.807) is 25.1 Å². The predicted molar refractivity (Wildman–Crippen MR) is 148 cm³/mol. The number of amides is 2. The third kappa shape index (κ3) is 8.83. The normalized spacial score (nSPS) is 12.6. The van der Waals surface area contributed by atoms with Crippen LogP contribution in [0.5, 0.6) is 0 Å². The summed E-state index contributed by atoms with van der Waals surface area (Å²) < 4.78 is 0. The highest BCUT2D eigenvalue weighted by atomic mass is 35.5. The highest BCUT2D eigenvalue weighted by Crippen LogP contribution is 2.12. The van der Waals surface area contributed by atoms with Gasteiger partial charge in [0.05, 0.1) is 12.6 Å². The third-order valence-electron chi connectivity index (χ3n) is 5.49. The summed E-state index contributed by atoms with van der Waals surface area (Å²) in [5.41, 5.74) is 6.07. The molecule has 2 amide bonds. The Morgan fingerprint density at radius 3 is 2.21 bits per heavy atom. The van der Waals surface area contributed by atoms with Crippen molar-refractivity contribution in [3.05, 3.63) is 100 Å². The maximum absolute atomic E-state index is 12.2. The molecule has 8 nitrogen and oxygen atoms in total. The smallest absolute Gasteiger partial charge is 0.270 e. The standard InChI is InChI=1S/C29H29ClN4O4/c1-19(32-28(20(2)35)29(37)34-38)24-12-8-21(9-13-24)6-7-22-10-14-26(15-11-22)33-27(36)18-31-17-23-4-3-5-25(30)16-23/h3-5,8-16,20,28,31,35,38H,17-18H2,1-2H3,(H,33,36)(H,34,37)/t20-,28+/m1/s1. The Morgan fingerprint density at radius 2 is 1.63 bits per heavy atom. The Morgan fingerprint density at radius 1 is 1.00 bits per heavy atom. The second kappa shape index (κ2) is 14.1. The van der Waals surface area contributed by atoms with Crippen molar-refractivity contribution < 1.29 is 19.9 Å². The number of carbonyl (C=O) groups excluding carboxylic acids is 2. The molecule has 196 valence electrons. The molecule has 0 heterocycles. The number of benzene rings is 3. The molecule has 0 aliphatic carbocycles. The van der Waals surface area contributed by atoms with Crippen molar-refractivity contribution >= 4 is 34.8 Å². The molecular weight excluding hydrogens is 504 g/mol. The molecule has 0 aliphatic rings. The number of hydrogen-bond acceptors (Lipinski definition) is 6. The van der Waals surface area contributed by atoms with E-state index >= 15 is 0 Å². The first kappa shape index (κ1) is 28.6. The highest BCUT2D eigenvalue weighted by molar-refractivity contribution is 6.30. The van der Waals surface area contributed by atoms with Crippen LogP contribution in [0.15, 0.2) is 77.8 Å². The van der Waals surface area contributed by atoms with E-state index in [9.17, 15) is 14.7 Å². The number of nitrogens with one attached hydrogen (secondary N) is 3. The number of aliphatic hydroxyl groups is 1. The van der Waals surface area contributed by atoms with Crippen LogP contribution < -0.4 is 16.1 Å². The lowest BCUT2D eigenvalue weighted by atomic mass is 10.1. The molecule has 0 bridgehead atoms. The van der Waals surface area contributed by atoms with E-state index in [2.05, 4.69) is 27.5 Å². The molecule has 0 aromatic heterocycles. The van der Waals surface area contributed by atoms with Crippen LogP contribution in [-0.4, -0.2) is 46.5 Å². The maximum atomic E-state index is 12.2. The summed E-state index contributed by atoms with van der Waals surface area (Å²) in [5, 5.41) is 25.2. The van der Waals surface area contributed by atoms with Gasteiger partial charge < -0.3 is 15.7 Å². The second-order valence-electron chi connectivity index (χ2n) is 8.56. The lowest BCUT2D eigenvalue weighted by Gasteiger charge is -2.14. The summed E-state index contributed by atoms with van der Waals surface area (Å²) in [7, 11) is 0. The molecule has 0 aliphatic heterocycles. The van der Waals surface area contributed by atoms with Crippen molar-refractivity contribution in [2.75, 3.05) is 11.9 Å². The van der Waals surface area contributed by atoms with Crippen LogP contribution in [0.1, 0.15) is 36.1 Å². The molecule has 5 N–H and O–H groups in total. The molecule has 2 atom stereocenters. The first-order valence-corrected chi connectivity index (χ1v) is 12.3. The van der Waals surface area contributed by atoms with Gasteiger partial charge in [0.2, 0.25) is 5.91 Å². The maximum Gasteiger partial charge on any atom is 0.270 e. The summed E-state index contributed by atoms with van der Waals surface area (Å²) in [4.78, 5) is 28.1. The summed E-state index contributed by atoms with van der Waals surface area (Å²) in [6, 6.07) is 20.9. The summed E-state index contributed by atoms with van der Waals surface area (Å²) in [6.45, 7) is 3.86. The van der Waals surface area contributed by atoms with Gasteiger partial charge in [-0.15, -0.1) is 0 Å². The van der Waals surface area contributed by atoms with Gasteiger partial charge in [-0.25, -0.2) is 5.48 Å². The Kier molecular flexibility index (Phi) is 10.6. The van der Waals surface area contributed by atoms with Crippen LogP contribution >= 0.6 is 11.6 Å². The third-order valence-corrected chi connectivity index (χ3v) is 5.73. The average molecular weight is 533 g/mol. The largest absolute Gasteiger partial charge is 0.391 e. The van der Waals surface area contributed by atoms with E-state index in [-0.39, 0.29) is 12.5 Å². The minimum Gasteiger partial charge on any atom is -0.391 e. The Labute approximate surface area is 226 Å². The zero-order chi connectivity index (χ0) is 27.5. The van der Waals surface area contributed by atoms with Crippen molar-refractivity contribution in [1.29, 1.82) is 0 Å². The van der Waals surface area contributed by atoms with Crippen LogP contribution in [0, 0.1) is 11.8 Å². The van der Waals surface area contributed by atoms with Gasteiger partial charge in [0.15, 0.2) is 6.04 Å². The van der Waals surface area contributed by atoms with Crippen LogP contribution in [0.2, 0.25) is 5.02 Å². The molecule has 3 aromatic rings. The molecule has 38 heavy (non-hydrogen) atoms. The molecule has 0 saturated heterocycles. The van der Waals surface area contributed by atoms with Crippen molar-refractivity contribution in [1.82, 2.24) is 10.8 Å². The van der Waals surface area contributed by atoms with E-state index in [1.165, 1.54) is 12.4 Å². The molecule has 0 radical (unpaired) electrons. The SMILES string of the molecule is CC(=N[C@H](C(=O)NO)[C@@H](C)O)c1ccc(C#Cc2ccc(NC(=O)CNCc3cccc(Cl)c3)cc2)cc1. The monoisotopic (exact) mass is 532 g/mol. The Bertz CT molecular complexity index is 1340. The highest BCUT2D eigenvalue weighted by Gasteiger charge is 2.22. The summed E-state index contributed by atoms with van der Waals surface area (Å²) in [6.07, 6.45) is -1.06. The van der Waals surface area contributed by atoms with Crippen molar-refractivity contribution in [2.45, 2.75) is 32.5 Å². The summed E-state index contributed by atoms with van der Waals surface area (Å²) >= 11 is 5.97. The van der Waals surface area contributed by atoms with Crippen molar-refractivity contribution in [3.8, 4) is 11.8 Å². The Hall–Kier alpha value is -4.00. The van der Waals surface area contributed by atoms with E-state index in [0.717, 1.165) is 22.3 Å². The number of anilines is 1. The van der Waals surface area contributed by atoms with Crippen molar-refractivity contribution in [2.24, 2.45) is 4.99 Å². The number of rotatable bonds is 9. The van der Waals surface area contributed by atoms with E-state index < -0.39 is 18.1 Å². The Balaban J connectivity index is 1.53. The molecule has 0 saturated carbocycles.